The van der Waals surface area contributed by atoms with Gasteiger partial charge in [-0.2, -0.15) is 0 Å². The Morgan fingerprint density at radius 2 is 2.20 bits per heavy atom. The highest BCUT2D eigenvalue weighted by molar-refractivity contribution is 6.01. The van der Waals surface area contributed by atoms with Gasteiger partial charge < -0.3 is 5.73 Å². The van der Waals surface area contributed by atoms with E-state index in [1.165, 1.54) is 4.90 Å². The number of primary amides is 1. The molecule has 15 heavy (non-hydrogen) atoms. The Balaban J connectivity index is 2.65. The van der Waals surface area contributed by atoms with E-state index in [1.54, 1.807) is 19.4 Å². The Hall–Kier alpha value is -2.10. The highest BCUT2D eigenvalue weighted by Crippen LogP contribution is 2.24. The first-order valence-electron chi connectivity index (χ1n) is 4.56. The molecule has 1 aromatic carbocycles. The number of nitrogens with zero attached hydrogens (tertiary/aromatic N) is 2. The average Bonchev–Trinajstić information content (AvgIpc) is 2.27. The largest absolute Gasteiger partial charge is 0.351 e. The molecule has 0 saturated carbocycles. The zero-order chi connectivity index (χ0) is 10.8. The first kappa shape index (κ1) is 9.45. The first-order valence-corrected chi connectivity index (χ1v) is 4.56. The molecule has 0 saturated heterocycles. The lowest BCUT2D eigenvalue weighted by Gasteiger charge is -2.16. The maximum Gasteiger partial charge on any atom is 0.319 e. The lowest BCUT2D eigenvalue weighted by atomic mass is 10.1. The summed E-state index contributed by atoms with van der Waals surface area (Å²) in [5.41, 5.74) is 6.02. The van der Waals surface area contributed by atoms with Gasteiger partial charge in [0.15, 0.2) is 0 Å². The van der Waals surface area contributed by atoms with Gasteiger partial charge in [-0.3, -0.25) is 9.88 Å². The number of carbonyl (C=O) groups excluding carboxylic acids is 1. The molecule has 2 N–H and O–H groups in total. The van der Waals surface area contributed by atoms with Crippen LogP contribution in [0.2, 0.25) is 0 Å². The SMILES string of the molecule is CN(C(N)=O)c1cccc2cnccc12. The molecule has 4 heteroatoms. The van der Waals surface area contributed by atoms with Crippen molar-refractivity contribution in [3.63, 3.8) is 0 Å². The van der Waals surface area contributed by atoms with Gasteiger partial charge in [0.2, 0.25) is 0 Å². The van der Waals surface area contributed by atoms with Crippen molar-refractivity contribution >= 4 is 22.5 Å². The summed E-state index contributed by atoms with van der Waals surface area (Å²) in [7, 11) is 1.65. The van der Waals surface area contributed by atoms with Gasteiger partial charge in [-0.1, -0.05) is 12.1 Å². The normalized spacial score (nSPS) is 10.2. The summed E-state index contributed by atoms with van der Waals surface area (Å²) in [4.78, 5) is 16.5. The van der Waals surface area contributed by atoms with Crippen molar-refractivity contribution in [2.24, 2.45) is 5.73 Å². The lowest BCUT2D eigenvalue weighted by Crippen LogP contribution is -2.31. The third-order valence-electron chi connectivity index (χ3n) is 2.35. The van der Waals surface area contributed by atoms with Crippen molar-refractivity contribution in [1.82, 2.24) is 4.98 Å². The number of fused-ring (bicyclic) bond motifs is 1. The number of nitrogens with two attached hydrogens (primary N) is 1. The summed E-state index contributed by atoms with van der Waals surface area (Å²) < 4.78 is 0. The summed E-state index contributed by atoms with van der Waals surface area (Å²) in [6, 6.07) is 7.07. The van der Waals surface area contributed by atoms with Gasteiger partial charge in [0.1, 0.15) is 0 Å². The quantitative estimate of drug-likeness (QED) is 0.764. The standard InChI is InChI=1S/C11H11N3O/c1-14(11(12)15)10-4-2-3-8-7-13-6-5-9(8)10/h2-7H,1H3,(H2,12,15). The van der Waals surface area contributed by atoms with Crippen LogP contribution >= 0.6 is 0 Å². The Morgan fingerprint density at radius 3 is 2.93 bits per heavy atom. The predicted octanol–water partition coefficient (Wildman–Crippen LogP) is 1.75. The molecule has 76 valence electrons. The summed E-state index contributed by atoms with van der Waals surface area (Å²) in [6.45, 7) is 0. The molecule has 2 rings (SSSR count). The fourth-order valence-corrected chi connectivity index (χ4v) is 1.52. The molecular weight excluding hydrogens is 190 g/mol. The molecule has 0 bridgehead atoms. The number of hydrogen-bond donors (Lipinski definition) is 1. The number of benzene rings is 1. The smallest absolute Gasteiger partial charge is 0.319 e. The second-order valence-corrected chi connectivity index (χ2v) is 3.27. The van der Waals surface area contributed by atoms with Crippen LogP contribution in [0, 0.1) is 0 Å². The molecule has 0 radical (unpaired) electrons. The first-order chi connectivity index (χ1) is 7.20. The summed E-state index contributed by atoms with van der Waals surface area (Å²) >= 11 is 0. The van der Waals surface area contributed by atoms with Gasteiger partial charge in [0.25, 0.3) is 0 Å². The topological polar surface area (TPSA) is 59.2 Å². The van der Waals surface area contributed by atoms with Gasteiger partial charge in [0, 0.05) is 30.2 Å². The van der Waals surface area contributed by atoms with Gasteiger partial charge in [-0.05, 0) is 12.1 Å². The lowest BCUT2D eigenvalue weighted by molar-refractivity contribution is 0.255. The van der Waals surface area contributed by atoms with E-state index in [9.17, 15) is 4.79 Å². The highest BCUT2D eigenvalue weighted by Gasteiger charge is 2.09. The fraction of sp³-hybridized carbons (Fsp3) is 0.0909. The number of urea groups is 1. The van der Waals surface area contributed by atoms with Crippen molar-refractivity contribution in [2.75, 3.05) is 11.9 Å². The molecular formula is C11H11N3O. The number of aromatic nitrogens is 1. The maximum absolute atomic E-state index is 11.1. The number of hydrogen-bond acceptors (Lipinski definition) is 2. The van der Waals surface area contributed by atoms with Crippen LogP contribution in [0.1, 0.15) is 0 Å². The van der Waals surface area contributed by atoms with Crippen molar-refractivity contribution in [1.29, 1.82) is 0 Å². The monoisotopic (exact) mass is 201 g/mol. The third kappa shape index (κ3) is 1.61. The van der Waals surface area contributed by atoms with Crippen molar-refractivity contribution in [3.8, 4) is 0 Å². The highest BCUT2D eigenvalue weighted by atomic mass is 16.2. The van der Waals surface area contributed by atoms with E-state index in [0.29, 0.717) is 0 Å². The number of amides is 2. The molecule has 0 aliphatic carbocycles. The summed E-state index contributed by atoms with van der Waals surface area (Å²) in [5.74, 6) is 0. The Labute approximate surface area is 87.3 Å². The van der Waals surface area contributed by atoms with E-state index >= 15 is 0 Å². The molecule has 0 atom stereocenters. The van der Waals surface area contributed by atoms with E-state index in [-0.39, 0.29) is 0 Å². The minimum absolute atomic E-state index is 0.473. The molecule has 2 amide bonds. The van der Waals surface area contributed by atoms with E-state index in [0.717, 1.165) is 16.5 Å². The van der Waals surface area contributed by atoms with Crippen molar-refractivity contribution in [2.45, 2.75) is 0 Å². The van der Waals surface area contributed by atoms with Gasteiger partial charge in [-0.25, -0.2) is 4.79 Å². The number of rotatable bonds is 1. The van der Waals surface area contributed by atoms with Crippen molar-refractivity contribution < 1.29 is 4.79 Å². The van der Waals surface area contributed by atoms with E-state index in [1.807, 2.05) is 24.3 Å². The van der Waals surface area contributed by atoms with Crippen molar-refractivity contribution in [3.05, 3.63) is 36.7 Å². The summed E-state index contributed by atoms with van der Waals surface area (Å²) in [5, 5.41) is 1.96. The molecule has 4 nitrogen and oxygen atoms in total. The third-order valence-corrected chi connectivity index (χ3v) is 2.35. The molecule has 0 fully saturated rings. The van der Waals surface area contributed by atoms with E-state index in [2.05, 4.69) is 4.98 Å². The predicted molar refractivity (Wildman–Crippen MR) is 59.7 cm³/mol. The van der Waals surface area contributed by atoms with Crippen LogP contribution in [0.5, 0.6) is 0 Å². The van der Waals surface area contributed by atoms with Gasteiger partial charge in [0.05, 0.1) is 5.69 Å². The minimum Gasteiger partial charge on any atom is -0.351 e. The van der Waals surface area contributed by atoms with E-state index in [4.69, 9.17) is 5.73 Å². The fourth-order valence-electron chi connectivity index (χ4n) is 1.52. The zero-order valence-electron chi connectivity index (χ0n) is 8.34. The maximum atomic E-state index is 11.1. The van der Waals surface area contributed by atoms with Crippen LogP contribution in [0.3, 0.4) is 0 Å². The molecule has 0 unspecified atom stereocenters. The molecule has 0 aliphatic rings. The van der Waals surface area contributed by atoms with Gasteiger partial charge >= 0.3 is 6.03 Å². The van der Waals surface area contributed by atoms with Crippen LogP contribution in [-0.4, -0.2) is 18.1 Å². The molecule has 0 spiro atoms. The van der Waals surface area contributed by atoms with Crippen LogP contribution in [-0.2, 0) is 0 Å². The number of anilines is 1. The summed E-state index contributed by atoms with van der Waals surface area (Å²) in [6.07, 6.45) is 3.45. The number of carbonyl (C=O) groups is 1. The minimum atomic E-state index is -0.473. The Morgan fingerprint density at radius 1 is 1.40 bits per heavy atom. The Kier molecular flexibility index (Phi) is 2.25. The second kappa shape index (κ2) is 3.57. The van der Waals surface area contributed by atoms with Crippen LogP contribution in [0.25, 0.3) is 10.8 Å². The second-order valence-electron chi connectivity index (χ2n) is 3.27. The molecule has 0 aliphatic heterocycles. The van der Waals surface area contributed by atoms with Crippen LogP contribution in [0.4, 0.5) is 10.5 Å². The molecule has 1 aromatic heterocycles. The molecule has 1 heterocycles. The van der Waals surface area contributed by atoms with Crippen LogP contribution in [0.15, 0.2) is 36.7 Å². The van der Waals surface area contributed by atoms with Gasteiger partial charge in [-0.15, -0.1) is 0 Å². The van der Waals surface area contributed by atoms with Crippen LogP contribution < -0.4 is 10.6 Å². The zero-order valence-corrected chi connectivity index (χ0v) is 8.34. The molecule has 2 aromatic rings. The Bertz CT molecular complexity index is 505. The van der Waals surface area contributed by atoms with E-state index < -0.39 is 6.03 Å². The average molecular weight is 201 g/mol. The number of pyridine rings is 1.